The van der Waals surface area contributed by atoms with E-state index in [9.17, 15) is 5.11 Å². The van der Waals surface area contributed by atoms with Crippen LogP contribution in [0.2, 0.25) is 0 Å². The predicted octanol–water partition coefficient (Wildman–Crippen LogP) is 1.93. The third kappa shape index (κ3) is 3.56. The SMILES string of the molecule is CC(C)(C)OC1CSSCC1O. The van der Waals surface area contributed by atoms with Gasteiger partial charge < -0.3 is 9.84 Å². The highest BCUT2D eigenvalue weighted by molar-refractivity contribution is 8.76. The molecule has 0 aromatic carbocycles. The number of aliphatic hydroxyl groups excluding tert-OH is 1. The predicted molar refractivity (Wildman–Crippen MR) is 55.5 cm³/mol. The molecule has 2 nitrogen and oxygen atoms in total. The first-order valence-electron chi connectivity index (χ1n) is 4.09. The molecule has 2 atom stereocenters. The number of rotatable bonds is 1. The molecule has 1 aliphatic heterocycles. The van der Waals surface area contributed by atoms with Gasteiger partial charge in [-0.15, -0.1) is 0 Å². The second-order valence-corrected chi connectivity index (χ2v) is 6.46. The van der Waals surface area contributed by atoms with E-state index in [2.05, 4.69) is 0 Å². The fraction of sp³-hybridized carbons (Fsp3) is 1.00. The number of ether oxygens (including phenoxy) is 1. The first kappa shape index (κ1) is 10.7. The summed E-state index contributed by atoms with van der Waals surface area (Å²) in [6.07, 6.45) is -0.285. The summed E-state index contributed by atoms with van der Waals surface area (Å²) in [7, 11) is 3.50. The van der Waals surface area contributed by atoms with Crippen molar-refractivity contribution >= 4 is 21.6 Å². The molecule has 0 spiro atoms. The Kier molecular flexibility index (Phi) is 3.76. The summed E-state index contributed by atoms with van der Waals surface area (Å²) in [6.45, 7) is 6.06. The molecule has 0 bridgehead atoms. The van der Waals surface area contributed by atoms with E-state index in [1.165, 1.54) is 0 Å². The van der Waals surface area contributed by atoms with E-state index in [0.717, 1.165) is 11.5 Å². The maximum atomic E-state index is 9.57. The standard InChI is InChI=1S/C8H16O2S2/c1-8(2,3)10-7-5-12-11-4-6(7)9/h6-7,9H,4-5H2,1-3H3. The normalized spacial score (nSPS) is 32.0. The Hall–Kier alpha value is 0.620. The molecule has 1 N–H and O–H groups in total. The van der Waals surface area contributed by atoms with Crippen molar-refractivity contribution in [3.05, 3.63) is 0 Å². The van der Waals surface area contributed by atoms with Crippen LogP contribution in [0.4, 0.5) is 0 Å². The smallest absolute Gasteiger partial charge is 0.0947 e. The van der Waals surface area contributed by atoms with Crippen molar-refractivity contribution in [1.29, 1.82) is 0 Å². The average molecular weight is 208 g/mol. The van der Waals surface area contributed by atoms with Crippen LogP contribution in [0.3, 0.4) is 0 Å². The summed E-state index contributed by atoms with van der Waals surface area (Å²) in [4.78, 5) is 0. The summed E-state index contributed by atoms with van der Waals surface area (Å²) in [6, 6.07) is 0. The molecule has 0 aromatic rings. The van der Waals surface area contributed by atoms with Crippen LogP contribution >= 0.6 is 21.6 Å². The molecule has 72 valence electrons. The fourth-order valence-electron chi connectivity index (χ4n) is 1.02. The van der Waals surface area contributed by atoms with Crippen molar-refractivity contribution in [3.63, 3.8) is 0 Å². The van der Waals surface area contributed by atoms with Gasteiger partial charge in [0, 0.05) is 11.5 Å². The summed E-state index contributed by atoms with van der Waals surface area (Å²) < 4.78 is 5.71. The van der Waals surface area contributed by atoms with Crippen molar-refractivity contribution < 1.29 is 9.84 Å². The van der Waals surface area contributed by atoms with E-state index in [-0.39, 0.29) is 17.8 Å². The highest BCUT2D eigenvalue weighted by Gasteiger charge is 2.28. The topological polar surface area (TPSA) is 29.5 Å². The van der Waals surface area contributed by atoms with E-state index in [0.29, 0.717) is 0 Å². The van der Waals surface area contributed by atoms with Crippen LogP contribution in [-0.4, -0.2) is 34.4 Å². The Morgan fingerprint density at radius 3 is 2.33 bits per heavy atom. The minimum atomic E-state index is -0.296. The molecule has 12 heavy (non-hydrogen) atoms. The van der Waals surface area contributed by atoms with Gasteiger partial charge in [0.25, 0.3) is 0 Å². The highest BCUT2D eigenvalue weighted by atomic mass is 33.1. The molecule has 4 heteroatoms. The molecule has 0 amide bonds. The van der Waals surface area contributed by atoms with Crippen LogP contribution in [-0.2, 0) is 4.74 Å². The third-order valence-corrected chi connectivity index (χ3v) is 3.91. The third-order valence-electron chi connectivity index (χ3n) is 1.49. The lowest BCUT2D eigenvalue weighted by Crippen LogP contribution is -2.40. The minimum absolute atomic E-state index is 0.0104. The van der Waals surface area contributed by atoms with Gasteiger partial charge in [0.15, 0.2) is 0 Å². The lowest BCUT2D eigenvalue weighted by atomic mass is 10.1. The quantitative estimate of drug-likeness (QED) is 0.667. The van der Waals surface area contributed by atoms with Crippen LogP contribution < -0.4 is 0 Å². The van der Waals surface area contributed by atoms with Gasteiger partial charge >= 0.3 is 0 Å². The second kappa shape index (κ2) is 4.22. The van der Waals surface area contributed by atoms with Gasteiger partial charge in [0.2, 0.25) is 0 Å². The average Bonchev–Trinajstić information content (AvgIpc) is 1.91. The monoisotopic (exact) mass is 208 g/mol. The van der Waals surface area contributed by atoms with Gasteiger partial charge in [0.05, 0.1) is 17.8 Å². The summed E-state index contributed by atoms with van der Waals surface area (Å²) >= 11 is 0. The van der Waals surface area contributed by atoms with Crippen molar-refractivity contribution in [2.45, 2.75) is 38.6 Å². The first-order valence-corrected chi connectivity index (χ1v) is 6.58. The maximum absolute atomic E-state index is 9.57. The fourth-order valence-corrected chi connectivity index (χ4v) is 3.39. The Labute approximate surface area is 81.8 Å². The molecule has 1 saturated heterocycles. The van der Waals surface area contributed by atoms with Gasteiger partial charge in [-0.3, -0.25) is 0 Å². The molecule has 0 aliphatic carbocycles. The van der Waals surface area contributed by atoms with Crippen molar-refractivity contribution in [2.24, 2.45) is 0 Å². The molecular formula is C8H16O2S2. The van der Waals surface area contributed by atoms with Gasteiger partial charge in [-0.05, 0) is 20.8 Å². The van der Waals surface area contributed by atoms with Crippen LogP contribution in [0.15, 0.2) is 0 Å². The highest BCUT2D eigenvalue weighted by Crippen LogP contribution is 2.32. The van der Waals surface area contributed by atoms with Gasteiger partial charge in [-0.2, -0.15) is 0 Å². The van der Waals surface area contributed by atoms with Crippen LogP contribution in [0.1, 0.15) is 20.8 Å². The van der Waals surface area contributed by atoms with Crippen LogP contribution in [0.25, 0.3) is 0 Å². The van der Waals surface area contributed by atoms with E-state index in [4.69, 9.17) is 4.74 Å². The van der Waals surface area contributed by atoms with Crippen molar-refractivity contribution in [3.8, 4) is 0 Å². The molecule has 1 rings (SSSR count). The summed E-state index contributed by atoms with van der Waals surface area (Å²) in [5.74, 6) is 1.68. The zero-order chi connectivity index (χ0) is 9.19. The molecule has 2 unspecified atom stereocenters. The Balaban J connectivity index is 2.39. The van der Waals surface area contributed by atoms with Crippen LogP contribution in [0.5, 0.6) is 0 Å². The Bertz CT molecular complexity index is 144. The zero-order valence-corrected chi connectivity index (χ0v) is 9.37. The molecule has 1 fully saturated rings. The molecule has 1 heterocycles. The second-order valence-electron chi connectivity index (χ2n) is 3.91. The van der Waals surface area contributed by atoms with Crippen LogP contribution in [0, 0.1) is 0 Å². The van der Waals surface area contributed by atoms with E-state index < -0.39 is 0 Å². The molecule has 0 aromatic heterocycles. The zero-order valence-electron chi connectivity index (χ0n) is 7.74. The lowest BCUT2D eigenvalue weighted by Gasteiger charge is -2.32. The van der Waals surface area contributed by atoms with Crippen molar-refractivity contribution in [1.82, 2.24) is 0 Å². The summed E-state index contributed by atoms with van der Waals surface area (Å²) in [5, 5.41) is 9.57. The van der Waals surface area contributed by atoms with Gasteiger partial charge in [-0.1, -0.05) is 21.6 Å². The first-order chi connectivity index (χ1) is 5.49. The van der Waals surface area contributed by atoms with Gasteiger partial charge in [0.1, 0.15) is 0 Å². The van der Waals surface area contributed by atoms with Gasteiger partial charge in [-0.25, -0.2) is 0 Å². The van der Waals surface area contributed by atoms with E-state index in [1.54, 1.807) is 21.6 Å². The summed E-state index contributed by atoms with van der Waals surface area (Å²) in [5.41, 5.74) is -0.145. The molecule has 0 radical (unpaired) electrons. The number of hydrogen-bond donors (Lipinski definition) is 1. The number of hydrogen-bond acceptors (Lipinski definition) is 4. The molecule has 1 aliphatic rings. The van der Waals surface area contributed by atoms with E-state index >= 15 is 0 Å². The Morgan fingerprint density at radius 2 is 1.83 bits per heavy atom. The van der Waals surface area contributed by atoms with E-state index in [1.807, 2.05) is 20.8 Å². The largest absolute Gasteiger partial charge is 0.389 e. The molecule has 0 saturated carbocycles. The number of aliphatic hydroxyl groups is 1. The molecular weight excluding hydrogens is 192 g/mol. The Morgan fingerprint density at radius 1 is 1.25 bits per heavy atom. The lowest BCUT2D eigenvalue weighted by molar-refractivity contribution is -0.0933. The minimum Gasteiger partial charge on any atom is -0.389 e. The maximum Gasteiger partial charge on any atom is 0.0947 e. The van der Waals surface area contributed by atoms with Crippen molar-refractivity contribution in [2.75, 3.05) is 11.5 Å².